The van der Waals surface area contributed by atoms with E-state index in [4.69, 9.17) is 4.74 Å². The zero-order chi connectivity index (χ0) is 14.4. The molecule has 0 saturated heterocycles. The summed E-state index contributed by atoms with van der Waals surface area (Å²) in [6, 6.07) is 0. The van der Waals surface area contributed by atoms with Gasteiger partial charge in [0, 0.05) is 24.8 Å². The van der Waals surface area contributed by atoms with Gasteiger partial charge >= 0.3 is 0 Å². The molecule has 0 aliphatic rings. The fraction of sp³-hybridized carbons (Fsp3) is 0.462. The van der Waals surface area contributed by atoms with Crippen LogP contribution < -0.4 is 10.1 Å². The van der Waals surface area contributed by atoms with E-state index in [0.29, 0.717) is 18.2 Å². The number of ether oxygens (including phenoxy) is 1. The van der Waals surface area contributed by atoms with Gasteiger partial charge in [-0.25, -0.2) is 0 Å². The lowest BCUT2D eigenvalue weighted by Crippen LogP contribution is -2.18. The highest BCUT2D eigenvalue weighted by Gasteiger charge is 2.01. The fourth-order valence-electron chi connectivity index (χ4n) is 1.65. The zero-order valence-electron chi connectivity index (χ0n) is 12.1. The molecule has 0 saturated carbocycles. The normalized spacial score (nSPS) is 10.8. The average molecular weight is 276 g/mol. The molecule has 0 spiro atoms. The van der Waals surface area contributed by atoms with Crippen LogP contribution in [0.25, 0.3) is 0 Å². The highest BCUT2D eigenvalue weighted by molar-refractivity contribution is 5.34. The Kier molecular flexibility index (Phi) is 4.89. The Balaban J connectivity index is 1.87. The number of methoxy groups -OCH3 is 1. The van der Waals surface area contributed by atoms with Gasteiger partial charge in [-0.3, -0.25) is 9.67 Å². The minimum absolute atomic E-state index is 0.497. The predicted octanol–water partition coefficient (Wildman–Crippen LogP) is 0.855. The molecule has 0 aliphatic heterocycles. The van der Waals surface area contributed by atoms with E-state index in [1.807, 2.05) is 31.2 Å². The van der Waals surface area contributed by atoms with Gasteiger partial charge in [0.15, 0.2) is 0 Å². The first-order chi connectivity index (χ1) is 9.67. The first kappa shape index (κ1) is 14.3. The minimum atomic E-state index is 0.497. The van der Waals surface area contributed by atoms with Gasteiger partial charge < -0.3 is 15.0 Å². The summed E-state index contributed by atoms with van der Waals surface area (Å²) in [5.41, 5.74) is 1.10. The zero-order valence-corrected chi connectivity index (χ0v) is 12.1. The van der Waals surface area contributed by atoms with E-state index in [1.165, 1.54) is 0 Å². The molecule has 7 heteroatoms. The molecule has 7 nitrogen and oxygen atoms in total. The molecule has 2 rings (SSSR count). The summed E-state index contributed by atoms with van der Waals surface area (Å²) >= 11 is 0. The molecule has 2 aromatic heterocycles. The molecular weight excluding hydrogens is 256 g/mol. The van der Waals surface area contributed by atoms with Crippen molar-refractivity contribution in [2.45, 2.75) is 13.1 Å². The first-order valence-electron chi connectivity index (χ1n) is 6.43. The van der Waals surface area contributed by atoms with Gasteiger partial charge in [-0.15, -0.1) is 0 Å². The van der Waals surface area contributed by atoms with Gasteiger partial charge in [-0.05, 0) is 14.1 Å². The van der Waals surface area contributed by atoms with Crippen molar-refractivity contribution in [1.82, 2.24) is 24.6 Å². The summed E-state index contributed by atoms with van der Waals surface area (Å²) < 4.78 is 6.97. The Morgan fingerprint density at radius 3 is 2.90 bits per heavy atom. The molecule has 0 aromatic carbocycles. The van der Waals surface area contributed by atoms with Gasteiger partial charge in [0.2, 0.25) is 5.88 Å². The van der Waals surface area contributed by atoms with E-state index in [1.54, 1.807) is 19.5 Å². The standard InChI is InChI=1S/C13H20N6O/c1-18(2)4-5-19-10-11(7-16-19)6-15-12-8-14-9-13(17-12)20-3/h7-10H,4-6H2,1-3H3,(H,15,17). The van der Waals surface area contributed by atoms with Crippen LogP contribution in [0.2, 0.25) is 0 Å². The van der Waals surface area contributed by atoms with Gasteiger partial charge in [0.25, 0.3) is 0 Å². The van der Waals surface area contributed by atoms with Crippen LogP contribution >= 0.6 is 0 Å². The number of nitrogens with one attached hydrogen (secondary N) is 1. The maximum Gasteiger partial charge on any atom is 0.233 e. The monoisotopic (exact) mass is 276 g/mol. The van der Waals surface area contributed by atoms with Crippen LogP contribution in [0, 0.1) is 0 Å². The van der Waals surface area contributed by atoms with Gasteiger partial charge in [0.1, 0.15) is 5.82 Å². The second kappa shape index (κ2) is 6.85. The van der Waals surface area contributed by atoms with Gasteiger partial charge in [-0.1, -0.05) is 0 Å². The molecular formula is C13H20N6O. The Morgan fingerprint density at radius 2 is 2.15 bits per heavy atom. The predicted molar refractivity (Wildman–Crippen MR) is 76.7 cm³/mol. The van der Waals surface area contributed by atoms with Crippen molar-refractivity contribution < 1.29 is 4.74 Å². The third-order valence-corrected chi connectivity index (χ3v) is 2.76. The summed E-state index contributed by atoms with van der Waals surface area (Å²) in [6.07, 6.45) is 7.13. The lowest BCUT2D eigenvalue weighted by atomic mass is 10.3. The van der Waals surface area contributed by atoms with Crippen molar-refractivity contribution in [3.63, 3.8) is 0 Å². The van der Waals surface area contributed by atoms with E-state index in [9.17, 15) is 0 Å². The Hall–Kier alpha value is -2.15. The smallest absolute Gasteiger partial charge is 0.233 e. The summed E-state index contributed by atoms with van der Waals surface area (Å²) in [4.78, 5) is 10.4. The van der Waals surface area contributed by atoms with Crippen LogP contribution in [0.4, 0.5) is 5.82 Å². The summed E-state index contributed by atoms with van der Waals surface area (Å²) in [7, 11) is 5.67. The Morgan fingerprint density at radius 1 is 1.30 bits per heavy atom. The molecule has 0 fully saturated rings. The van der Waals surface area contributed by atoms with Crippen LogP contribution in [-0.4, -0.2) is 52.4 Å². The Bertz CT molecular complexity index is 539. The highest BCUT2D eigenvalue weighted by atomic mass is 16.5. The third-order valence-electron chi connectivity index (χ3n) is 2.76. The van der Waals surface area contributed by atoms with Crippen LogP contribution in [0.1, 0.15) is 5.56 Å². The van der Waals surface area contributed by atoms with E-state index in [-0.39, 0.29) is 0 Å². The molecule has 0 amide bonds. The summed E-state index contributed by atoms with van der Waals surface area (Å²) in [5, 5.41) is 7.52. The van der Waals surface area contributed by atoms with Crippen molar-refractivity contribution >= 4 is 5.82 Å². The molecule has 2 aromatic rings. The van der Waals surface area contributed by atoms with E-state index < -0.39 is 0 Å². The molecule has 1 N–H and O–H groups in total. The number of hydrogen-bond donors (Lipinski definition) is 1. The number of rotatable bonds is 7. The quantitative estimate of drug-likeness (QED) is 0.809. The van der Waals surface area contributed by atoms with Gasteiger partial charge in [0.05, 0.1) is 32.2 Å². The number of anilines is 1. The Labute approximate surface area is 118 Å². The van der Waals surface area contributed by atoms with Crippen molar-refractivity contribution in [2.75, 3.05) is 33.1 Å². The number of nitrogens with zero attached hydrogens (tertiary/aromatic N) is 5. The molecule has 0 aliphatic carbocycles. The van der Waals surface area contributed by atoms with Gasteiger partial charge in [-0.2, -0.15) is 10.1 Å². The molecule has 0 unspecified atom stereocenters. The molecule has 20 heavy (non-hydrogen) atoms. The van der Waals surface area contributed by atoms with Crippen molar-refractivity contribution in [2.24, 2.45) is 0 Å². The molecule has 108 valence electrons. The molecule has 2 heterocycles. The lowest BCUT2D eigenvalue weighted by molar-refractivity contribution is 0.373. The van der Waals surface area contributed by atoms with Crippen LogP contribution in [0.15, 0.2) is 24.8 Å². The number of likely N-dealkylation sites (N-methyl/N-ethyl adjacent to an activating group) is 1. The maximum atomic E-state index is 5.03. The SMILES string of the molecule is COc1cncc(NCc2cnn(CCN(C)C)c2)n1. The second-order valence-corrected chi connectivity index (χ2v) is 4.72. The van der Waals surface area contributed by atoms with E-state index in [2.05, 4.69) is 25.3 Å². The minimum Gasteiger partial charge on any atom is -0.480 e. The first-order valence-corrected chi connectivity index (χ1v) is 6.43. The van der Waals surface area contributed by atoms with Crippen molar-refractivity contribution in [3.8, 4) is 5.88 Å². The van der Waals surface area contributed by atoms with Crippen LogP contribution in [0.5, 0.6) is 5.88 Å². The summed E-state index contributed by atoms with van der Waals surface area (Å²) in [5.74, 6) is 1.18. The van der Waals surface area contributed by atoms with E-state index in [0.717, 1.165) is 18.7 Å². The molecule has 0 atom stereocenters. The van der Waals surface area contributed by atoms with E-state index >= 15 is 0 Å². The number of hydrogen-bond acceptors (Lipinski definition) is 6. The van der Waals surface area contributed by atoms with Crippen LogP contribution in [0.3, 0.4) is 0 Å². The topological polar surface area (TPSA) is 68.1 Å². The van der Waals surface area contributed by atoms with Crippen molar-refractivity contribution in [1.29, 1.82) is 0 Å². The largest absolute Gasteiger partial charge is 0.480 e. The average Bonchev–Trinajstić information content (AvgIpc) is 2.91. The third kappa shape index (κ3) is 4.20. The number of aromatic nitrogens is 4. The van der Waals surface area contributed by atoms with Crippen molar-refractivity contribution in [3.05, 3.63) is 30.4 Å². The summed E-state index contributed by atoms with van der Waals surface area (Å²) in [6.45, 7) is 2.51. The fourth-order valence-corrected chi connectivity index (χ4v) is 1.65. The highest BCUT2D eigenvalue weighted by Crippen LogP contribution is 2.09. The molecule has 0 radical (unpaired) electrons. The molecule has 0 bridgehead atoms. The lowest BCUT2D eigenvalue weighted by Gasteiger charge is -2.08. The maximum absolute atomic E-state index is 5.03. The van der Waals surface area contributed by atoms with Crippen LogP contribution in [-0.2, 0) is 13.1 Å². The second-order valence-electron chi connectivity index (χ2n) is 4.72.